The van der Waals surface area contributed by atoms with Gasteiger partial charge in [-0.05, 0) is 13.8 Å². The highest BCUT2D eigenvalue weighted by Gasteiger charge is 2.26. The highest BCUT2D eigenvalue weighted by molar-refractivity contribution is 7.89. The standard InChI is InChI=1S/C13H24N2O7S/c1-10(2)21-5-6-23(19,20)14-8-12(16)15-3-4-22-11(9-15)7-13(17)18/h10-11,14H,3-9H2,1-2H3,(H,17,18). The highest BCUT2D eigenvalue weighted by atomic mass is 32.2. The van der Waals surface area contributed by atoms with Gasteiger partial charge in [0.1, 0.15) is 0 Å². The van der Waals surface area contributed by atoms with Gasteiger partial charge >= 0.3 is 5.97 Å². The summed E-state index contributed by atoms with van der Waals surface area (Å²) in [6.07, 6.45) is -0.824. The van der Waals surface area contributed by atoms with Crippen molar-refractivity contribution in [3.05, 3.63) is 0 Å². The summed E-state index contributed by atoms with van der Waals surface area (Å²) in [6.45, 7) is 3.99. The molecule has 10 heteroatoms. The Hall–Kier alpha value is -1.23. The van der Waals surface area contributed by atoms with Gasteiger partial charge in [-0.2, -0.15) is 0 Å². The molecule has 9 nitrogen and oxygen atoms in total. The molecule has 134 valence electrons. The lowest BCUT2D eigenvalue weighted by molar-refractivity contribution is -0.147. The number of nitrogens with one attached hydrogen (secondary N) is 1. The van der Waals surface area contributed by atoms with Crippen molar-refractivity contribution < 1.29 is 32.6 Å². The average molecular weight is 352 g/mol. The summed E-state index contributed by atoms with van der Waals surface area (Å²) in [5.41, 5.74) is 0. The summed E-state index contributed by atoms with van der Waals surface area (Å²) in [7, 11) is -3.59. The lowest BCUT2D eigenvalue weighted by atomic mass is 10.2. The van der Waals surface area contributed by atoms with E-state index in [0.29, 0.717) is 6.54 Å². The van der Waals surface area contributed by atoms with Crippen LogP contribution in [0.1, 0.15) is 20.3 Å². The molecule has 1 amide bonds. The number of rotatable bonds is 9. The van der Waals surface area contributed by atoms with Crippen molar-refractivity contribution in [2.45, 2.75) is 32.5 Å². The highest BCUT2D eigenvalue weighted by Crippen LogP contribution is 2.08. The first kappa shape index (κ1) is 19.8. The van der Waals surface area contributed by atoms with Crippen molar-refractivity contribution in [2.24, 2.45) is 0 Å². The first-order valence-corrected chi connectivity index (χ1v) is 9.05. The number of hydrogen-bond donors (Lipinski definition) is 2. The summed E-state index contributed by atoms with van der Waals surface area (Å²) >= 11 is 0. The van der Waals surface area contributed by atoms with Crippen molar-refractivity contribution in [1.82, 2.24) is 9.62 Å². The summed E-state index contributed by atoms with van der Waals surface area (Å²) in [6, 6.07) is 0. The van der Waals surface area contributed by atoms with Gasteiger partial charge in [0.15, 0.2) is 0 Å². The quantitative estimate of drug-likeness (QED) is 0.547. The minimum absolute atomic E-state index is 0.0550. The van der Waals surface area contributed by atoms with Gasteiger partial charge in [0.25, 0.3) is 0 Å². The zero-order valence-corrected chi connectivity index (χ0v) is 14.2. The number of carbonyl (C=O) groups is 2. The number of carboxylic acids is 1. The molecule has 0 bridgehead atoms. The Balaban J connectivity index is 2.38. The van der Waals surface area contributed by atoms with Gasteiger partial charge in [0, 0.05) is 13.1 Å². The fourth-order valence-electron chi connectivity index (χ4n) is 2.01. The van der Waals surface area contributed by atoms with Gasteiger partial charge in [-0.1, -0.05) is 0 Å². The van der Waals surface area contributed by atoms with Crippen LogP contribution in [0, 0.1) is 0 Å². The maximum absolute atomic E-state index is 12.0. The Labute approximate surface area is 136 Å². The third-order valence-electron chi connectivity index (χ3n) is 3.14. The molecule has 1 aliphatic heterocycles. The Morgan fingerprint density at radius 3 is 2.74 bits per heavy atom. The number of sulfonamides is 1. The molecule has 1 aliphatic rings. The monoisotopic (exact) mass is 352 g/mol. The number of aliphatic carboxylic acids is 1. The Bertz CT molecular complexity index is 506. The molecule has 1 fully saturated rings. The lowest BCUT2D eigenvalue weighted by Crippen LogP contribution is -2.49. The molecule has 0 spiro atoms. The average Bonchev–Trinajstić information content (AvgIpc) is 2.44. The summed E-state index contributed by atoms with van der Waals surface area (Å²) < 4.78 is 36.1. The molecule has 1 heterocycles. The van der Waals surface area contributed by atoms with Crippen LogP contribution in [0.4, 0.5) is 0 Å². The number of carbonyl (C=O) groups excluding carboxylic acids is 1. The van der Waals surface area contributed by atoms with E-state index >= 15 is 0 Å². The molecule has 0 aromatic rings. The zero-order valence-electron chi connectivity index (χ0n) is 13.4. The maximum atomic E-state index is 12.0. The molecule has 0 radical (unpaired) electrons. The van der Waals surface area contributed by atoms with E-state index in [4.69, 9.17) is 14.6 Å². The molecule has 0 aromatic carbocycles. The lowest BCUT2D eigenvalue weighted by Gasteiger charge is -2.32. The minimum atomic E-state index is -3.59. The molecule has 1 unspecified atom stereocenters. The summed E-state index contributed by atoms with van der Waals surface area (Å²) in [4.78, 5) is 24.1. The van der Waals surface area contributed by atoms with Crippen LogP contribution < -0.4 is 4.72 Å². The number of morpholine rings is 1. The number of carboxylic acid groups (broad SMARTS) is 1. The van der Waals surface area contributed by atoms with Gasteiger partial charge < -0.3 is 19.5 Å². The molecule has 23 heavy (non-hydrogen) atoms. The summed E-state index contributed by atoms with van der Waals surface area (Å²) in [5, 5.41) is 8.74. The van der Waals surface area contributed by atoms with Gasteiger partial charge in [0.05, 0.1) is 44.1 Å². The van der Waals surface area contributed by atoms with E-state index in [1.165, 1.54) is 4.90 Å². The second kappa shape index (κ2) is 9.16. The van der Waals surface area contributed by atoms with Crippen molar-refractivity contribution >= 4 is 21.9 Å². The number of nitrogens with zero attached hydrogens (tertiary/aromatic N) is 1. The van der Waals surface area contributed by atoms with Crippen LogP contribution >= 0.6 is 0 Å². The van der Waals surface area contributed by atoms with Crippen molar-refractivity contribution in [3.63, 3.8) is 0 Å². The normalized spacial score (nSPS) is 19.1. The molecular formula is C13H24N2O7S. The molecule has 1 rings (SSSR count). The van der Waals surface area contributed by atoms with Crippen LogP contribution in [0.5, 0.6) is 0 Å². The number of hydrogen-bond acceptors (Lipinski definition) is 6. The van der Waals surface area contributed by atoms with E-state index in [1.54, 1.807) is 13.8 Å². The van der Waals surface area contributed by atoms with E-state index in [-0.39, 0.29) is 44.6 Å². The van der Waals surface area contributed by atoms with E-state index < -0.39 is 28.0 Å². The van der Waals surface area contributed by atoms with Crippen LogP contribution in [0.3, 0.4) is 0 Å². The number of amides is 1. The third kappa shape index (κ3) is 8.26. The van der Waals surface area contributed by atoms with Gasteiger partial charge in [-0.15, -0.1) is 0 Å². The topological polar surface area (TPSA) is 122 Å². The molecular weight excluding hydrogens is 328 g/mol. The SMILES string of the molecule is CC(C)OCCS(=O)(=O)NCC(=O)N1CCOC(CC(=O)O)C1. The molecule has 0 aromatic heterocycles. The maximum Gasteiger partial charge on any atom is 0.306 e. The van der Waals surface area contributed by atoms with Crippen molar-refractivity contribution in [3.8, 4) is 0 Å². The second-order valence-corrected chi connectivity index (χ2v) is 7.42. The largest absolute Gasteiger partial charge is 0.481 e. The van der Waals surface area contributed by atoms with Crippen molar-refractivity contribution in [2.75, 3.05) is 38.6 Å². The first-order chi connectivity index (χ1) is 10.7. The Kier molecular flexibility index (Phi) is 7.89. The van der Waals surface area contributed by atoms with Crippen LogP contribution in [-0.2, 0) is 29.1 Å². The van der Waals surface area contributed by atoms with Crippen LogP contribution in [-0.4, -0.2) is 81.1 Å². The van der Waals surface area contributed by atoms with Gasteiger partial charge in [-0.25, -0.2) is 13.1 Å². The third-order valence-corrected chi connectivity index (χ3v) is 4.43. The van der Waals surface area contributed by atoms with Crippen LogP contribution in [0.15, 0.2) is 0 Å². The van der Waals surface area contributed by atoms with E-state index in [0.717, 1.165) is 0 Å². The predicted octanol–water partition coefficient (Wildman–Crippen LogP) is -0.967. The predicted molar refractivity (Wildman–Crippen MR) is 81.5 cm³/mol. The fourth-order valence-corrected chi connectivity index (χ4v) is 2.82. The molecule has 0 aliphatic carbocycles. The van der Waals surface area contributed by atoms with E-state index in [2.05, 4.69) is 4.72 Å². The van der Waals surface area contributed by atoms with E-state index in [1.807, 2.05) is 0 Å². The molecule has 2 N–H and O–H groups in total. The Morgan fingerprint density at radius 1 is 1.43 bits per heavy atom. The fraction of sp³-hybridized carbons (Fsp3) is 0.846. The Morgan fingerprint density at radius 2 is 2.13 bits per heavy atom. The second-order valence-electron chi connectivity index (χ2n) is 5.49. The van der Waals surface area contributed by atoms with Crippen molar-refractivity contribution in [1.29, 1.82) is 0 Å². The van der Waals surface area contributed by atoms with E-state index in [9.17, 15) is 18.0 Å². The smallest absolute Gasteiger partial charge is 0.306 e. The van der Waals surface area contributed by atoms with Gasteiger partial charge in [0.2, 0.25) is 15.9 Å². The minimum Gasteiger partial charge on any atom is -0.481 e. The zero-order chi connectivity index (χ0) is 17.5. The first-order valence-electron chi connectivity index (χ1n) is 7.39. The molecule has 0 saturated carbocycles. The number of ether oxygens (including phenoxy) is 2. The molecule has 1 atom stereocenters. The van der Waals surface area contributed by atoms with Crippen LogP contribution in [0.2, 0.25) is 0 Å². The molecule has 1 saturated heterocycles. The van der Waals surface area contributed by atoms with Crippen LogP contribution in [0.25, 0.3) is 0 Å². The van der Waals surface area contributed by atoms with Gasteiger partial charge in [-0.3, -0.25) is 9.59 Å². The summed E-state index contributed by atoms with van der Waals surface area (Å²) in [5.74, 6) is -1.63.